The van der Waals surface area contributed by atoms with Gasteiger partial charge in [-0.3, -0.25) is 9.59 Å². The van der Waals surface area contributed by atoms with E-state index in [1.807, 2.05) is 0 Å². The van der Waals surface area contributed by atoms with Gasteiger partial charge in [-0.15, -0.1) is 11.8 Å². The molecule has 0 spiro atoms. The van der Waals surface area contributed by atoms with E-state index in [0.717, 1.165) is 11.8 Å². The van der Waals surface area contributed by atoms with Crippen LogP contribution in [0.1, 0.15) is 6.42 Å². The van der Waals surface area contributed by atoms with Gasteiger partial charge in [0, 0.05) is 12.7 Å². The zero-order chi connectivity index (χ0) is 9.56. The Balaban J connectivity index is 3.85. The molecule has 0 aliphatic carbocycles. The van der Waals surface area contributed by atoms with Crippen LogP contribution in [0.4, 0.5) is 0 Å². The molecule has 0 saturated carbocycles. The monoisotopic (exact) mass is 209 g/mol. The van der Waals surface area contributed by atoms with Crippen LogP contribution in [-0.2, 0) is 9.59 Å². The van der Waals surface area contributed by atoms with Gasteiger partial charge in [0.15, 0.2) is 0 Å². The van der Waals surface area contributed by atoms with Crippen molar-refractivity contribution in [2.75, 3.05) is 12.5 Å². The lowest BCUT2D eigenvalue weighted by Gasteiger charge is -2.07. The van der Waals surface area contributed by atoms with Crippen molar-refractivity contribution in [3.05, 3.63) is 0 Å². The highest BCUT2D eigenvalue weighted by atomic mass is 32.2. The Kier molecular flexibility index (Phi) is 6.00. The number of rotatable bonds is 5. The quantitative estimate of drug-likeness (QED) is 0.649. The molecule has 4 nitrogen and oxygen atoms in total. The Morgan fingerprint density at radius 3 is 2.42 bits per heavy atom. The molecule has 0 aromatic rings. The fraction of sp³-hybridized carbons (Fsp3) is 0.667. The highest BCUT2D eigenvalue weighted by molar-refractivity contribution is 8.00. The van der Waals surface area contributed by atoms with Gasteiger partial charge < -0.3 is 9.83 Å². The van der Waals surface area contributed by atoms with E-state index in [2.05, 4.69) is 4.72 Å². The van der Waals surface area contributed by atoms with Gasteiger partial charge in [-0.25, -0.2) is 0 Å². The minimum Gasteiger partial charge on any atom is -0.480 e. The number of carbonyl (C=O) groups is 2. The molecule has 0 aliphatic rings. The second kappa shape index (κ2) is 6.19. The average molecular weight is 209 g/mol. The summed E-state index contributed by atoms with van der Waals surface area (Å²) >= 11 is 2.33. The van der Waals surface area contributed by atoms with E-state index in [1.54, 1.807) is 12.5 Å². The molecule has 0 fully saturated rings. The lowest BCUT2D eigenvalue weighted by atomic mass is 10.3. The molecule has 0 radical (unpaired) electrons. The zero-order valence-corrected chi connectivity index (χ0v) is 8.50. The van der Waals surface area contributed by atoms with Crippen molar-refractivity contribution in [2.24, 2.45) is 0 Å². The number of hydrogen-bond acceptors (Lipinski definition) is 4. The van der Waals surface area contributed by atoms with Crippen molar-refractivity contribution in [3.63, 3.8) is 0 Å². The highest BCUT2D eigenvalue weighted by Crippen LogP contribution is 2.11. The second-order valence-electron chi connectivity index (χ2n) is 2.00. The number of nitrogens with one attached hydrogen (secondary N) is 1. The van der Waals surface area contributed by atoms with Gasteiger partial charge >= 0.3 is 5.97 Å². The molecule has 0 heterocycles. The van der Waals surface area contributed by atoms with Crippen LogP contribution in [0.5, 0.6) is 0 Å². The topological polar surface area (TPSA) is 66.4 Å². The van der Waals surface area contributed by atoms with Crippen LogP contribution in [0.15, 0.2) is 0 Å². The first-order chi connectivity index (χ1) is 5.61. The van der Waals surface area contributed by atoms with Crippen molar-refractivity contribution in [1.29, 1.82) is 0 Å². The number of carbonyl (C=O) groups excluding carboxylic acids is 1. The van der Waals surface area contributed by atoms with Crippen LogP contribution in [0, 0.1) is 0 Å². The van der Waals surface area contributed by atoms with Crippen LogP contribution in [0.2, 0.25) is 0 Å². The summed E-state index contributed by atoms with van der Waals surface area (Å²) in [6.45, 7) is 0. The number of amides is 1. The van der Waals surface area contributed by atoms with E-state index in [9.17, 15) is 9.59 Å². The van der Waals surface area contributed by atoms with Gasteiger partial charge in [0.05, 0.1) is 0 Å². The summed E-state index contributed by atoms with van der Waals surface area (Å²) in [5.41, 5.74) is 0. The highest BCUT2D eigenvalue weighted by Gasteiger charge is 2.19. The third kappa shape index (κ3) is 4.50. The fourth-order valence-electron chi connectivity index (χ4n) is 0.595. The van der Waals surface area contributed by atoms with Crippen LogP contribution < -0.4 is 4.72 Å². The average Bonchev–Trinajstić information content (AvgIpc) is 2.00. The number of aliphatic carboxylic acids is 1. The van der Waals surface area contributed by atoms with Gasteiger partial charge in [0.2, 0.25) is 5.91 Å². The number of hydrogen-bond donors (Lipinski definition) is 2. The SMILES string of the molecule is CSNC(=O)CC(SC)C(=O)O. The third-order valence-electron chi connectivity index (χ3n) is 1.15. The maximum atomic E-state index is 10.9. The Morgan fingerprint density at radius 2 is 2.08 bits per heavy atom. The normalized spacial score (nSPS) is 12.2. The maximum absolute atomic E-state index is 10.9. The van der Waals surface area contributed by atoms with Crippen molar-refractivity contribution < 1.29 is 14.7 Å². The largest absolute Gasteiger partial charge is 0.480 e. The van der Waals surface area contributed by atoms with Gasteiger partial charge in [0.25, 0.3) is 0 Å². The molecule has 0 saturated heterocycles. The van der Waals surface area contributed by atoms with Gasteiger partial charge in [-0.1, -0.05) is 11.9 Å². The number of carboxylic acids is 1. The molecule has 1 unspecified atom stereocenters. The first-order valence-corrected chi connectivity index (χ1v) is 5.70. The number of thioether (sulfide) groups is 1. The van der Waals surface area contributed by atoms with Gasteiger partial charge in [-0.05, 0) is 6.26 Å². The van der Waals surface area contributed by atoms with Crippen molar-refractivity contribution in [1.82, 2.24) is 4.72 Å². The summed E-state index contributed by atoms with van der Waals surface area (Å²) in [6.07, 6.45) is 3.41. The van der Waals surface area contributed by atoms with E-state index in [1.165, 1.54) is 11.9 Å². The van der Waals surface area contributed by atoms with Crippen LogP contribution in [0.25, 0.3) is 0 Å². The fourth-order valence-corrected chi connectivity index (χ4v) is 1.43. The maximum Gasteiger partial charge on any atom is 0.317 e. The first-order valence-electron chi connectivity index (χ1n) is 3.19. The molecule has 0 aliphatic heterocycles. The minimum absolute atomic E-state index is 0.0251. The molecule has 6 heteroatoms. The molecular formula is C6H11NO3S2. The zero-order valence-electron chi connectivity index (χ0n) is 6.86. The van der Waals surface area contributed by atoms with E-state index in [-0.39, 0.29) is 12.3 Å². The molecular weight excluding hydrogens is 198 g/mol. The molecule has 12 heavy (non-hydrogen) atoms. The van der Waals surface area contributed by atoms with E-state index < -0.39 is 11.2 Å². The van der Waals surface area contributed by atoms with Crippen molar-refractivity contribution >= 4 is 35.6 Å². The molecule has 0 rings (SSSR count). The summed E-state index contributed by atoms with van der Waals surface area (Å²) in [4.78, 5) is 21.4. The molecule has 0 aromatic carbocycles. The summed E-state index contributed by atoms with van der Waals surface area (Å²) in [7, 11) is 0. The molecule has 1 amide bonds. The minimum atomic E-state index is -0.946. The molecule has 1 atom stereocenters. The van der Waals surface area contributed by atoms with Gasteiger partial charge in [-0.2, -0.15) is 0 Å². The molecule has 70 valence electrons. The standard InChI is InChI=1S/C6H11NO3S2/c1-11-4(6(9)10)3-5(8)7-12-2/h4H,3H2,1-2H3,(H,7,8)(H,9,10). The predicted molar refractivity (Wildman–Crippen MR) is 51.2 cm³/mol. The summed E-state index contributed by atoms with van der Waals surface area (Å²) in [5, 5.41) is 7.94. The lowest BCUT2D eigenvalue weighted by Crippen LogP contribution is -2.25. The lowest BCUT2D eigenvalue weighted by molar-refractivity contribution is -0.137. The molecule has 0 bridgehead atoms. The smallest absolute Gasteiger partial charge is 0.317 e. The Bertz CT molecular complexity index is 174. The Morgan fingerprint density at radius 1 is 1.50 bits per heavy atom. The van der Waals surface area contributed by atoms with E-state index in [4.69, 9.17) is 5.11 Å². The number of carboxylic acid groups (broad SMARTS) is 1. The van der Waals surface area contributed by atoms with E-state index >= 15 is 0 Å². The second-order valence-corrected chi connectivity index (χ2v) is 3.65. The van der Waals surface area contributed by atoms with Crippen molar-refractivity contribution in [2.45, 2.75) is 11.7 Å². The predicted octanol–water partition coefficient (Wildman–Crippen LogP) is 0.587. The Hall–Kier alpha value is -0.360. The summed E-state index contributed by atoms with van der Waals surface area (Å²) < 4.78 is 2.47. The Labute approximate surface area is 79.6 Å². The van der Waals surface area contributed by atoms with Crippen LogP contribution in [0.3, 0.4) is 0 Å². The molecule has 2 N–H and O–H groups in total. The van der Waals surface area contributed by atoms with Crippen LogP contribution >= 0.6 is 23.7 Å². The third-order valence-corrected chi connectivity index (χ3v) is 2.52. The summed E-state index contributed by atoms with van der Waals surface area (Å²) in [5.74, 6) is -1.19. The van der Waals surface area contributed by atoms with E-state index in [0.29, 0.717) is 0 Å². The van der Waals surface area contributed by atoms with Crippen LogP contribution in [-0.4, -0.2) is 34.7 Å². The van der Waals surface area contributed by atoms with Gasteiger partial charge in [0.1, 0.15) is 5.25 Å². The summed E-state index contributed by atoms with van der Waals surface area (Å²) in [6, 6.07) is 0. The molecule has 0 aromatic heterocycles. The first kappa shape index (κ1) is 11.6. The van der Waals surface area contributed by atoms with Crippen molar-refractivity contribution in [3.8, 4) is 0 Å².